The second kappa shape index (κ2) is 7.65. The highest BCUT2D eigenvalue weighted by atomic mass is 35.5. The van der Waals surface area contributed by atoms with Crippen LogP contribution < -0.4 is 0 Å². The monoisotopic (exact) mass is 248 g/mol. The van der Waals surface area contributed by atoms with Gasteiger partial charge in [0.1, 0.15) is 6.61 Å². The van der Waals surface area contributed by atoms with Crippen molar-refractivity contribution in [3.05, 3.63) is 16.1 Å². The van der Waals surface area contributed by atoms with Crippen LogP contribution in [-0.2, 0) is 4.84 Å². The summed E-state index contributed by atoms with van der Waals surface area (Å²) in [7, 11) is 0. The third-order valence-electron chi connectivity index (χ3n) is 1.86. The molecule has 0 radical (unpaired) electrons. The van der Waals surface area contributed by atoms with Crippen molar-refractivity contribution in [3.8, 4) is 0 Å². The number of rotatable bonds is 5. The topological polar surface area (TPSA) is 34.5 Å². The van der Waals surface area contributed by atoms with Crippen LogP contribution in [0.15, 0.2) is 10.7 Å². The van der Waals surface area contributed by atoms with Gasteiger partial charge < -0.3 is 4.84 Å². The van der Waals surface area contributed by atoms with Gasteiger partial charge in [-0.15, -0.1) is 23.7 Å². The summed E-state index contributed by atoms with van der Waals surface area (Å²) in [5.41, 5.74) is 3.77. The molecular formula is C10H17ClN2OS. The van der Waals surface area contributed by atoms with Gasteiger partial charge in [-0.05, 0) is 20.3 Å². The van der Waals surface area contributed by atoms with Crippen molar-refractivity contribution in [2.75, 3.05) is 6.61 Å². The van der Waals surface area contributed by atoms with Crippen LogP contribution in [0.1, 0.15) is 37.3 Å². The molecule has 0 amide bonds. The van der Waals surface area contributed by atoms with Crippen LogP contribution in [-0.4, -0.2) is 17.3 Å². The normalized spacial score (nSPS) is 11.0. The summed E-state index contributed by atoms with van der Waals surface area (Å²) in [5, 5.41) is 4.05. The van der Waals surface area contributed by atoms with Crippen LogP contribution in [0.3, 0.4) is 0 Å². The Labute approximate surface area is 101 Å². The zero-order chi connectivity index (χ0) is 10.4. The van der Waals surface area contributed by atoms with Crippen LogP contribution in [0.2, 0.25) is 0 Å². The first-order valence-corrected chi connectivity index (χ1v) is 5.70. The summed E-state index contributed by atoms with van der Waals surface area (Å²) in [6.45, 7) is 6.77. The summed E-state index contributed by atoms with van der Waals surface area (Å²) >= 11 is 1.60. The van der Waals surface area contributed by atoms with Gasteiger partial charge in [-0.25, -0.2) is 4.98 Å². The summed E-state index contributed by atoms with van der Waals surface area (Å²) < 4.78 is 0. The van der Waals surface area contributed by atoms with Crippen LogP contribution in [0.4, 0.5) is 0 Å². The van der Waals surface area contributed by atoms with Crippen LogP contribution in [0, 0.1) is 6.92 Å². The first-order valence-electron chi connectivity index (χ1n) is 4.82. The fourth-order valence-corrected chi connectivity index (χ4v) is 1.79. The predicted molar refractivity (Wildman–Crippen MR) is 67.2 cm³/mol. The van der Waals surface area contributed by atoms with Crippen molar-refractivity contribution in [1.29, 1.82) is 0 Å². The van der Waals surface area contributed by atoms with Crippen molar-refractivity contribution >= 4 is 29.5 Å². The van der Waals surface area contributed by atoms with Gasteiger partial charge in [0, 0.05) is 0 Å². The number of aryl methyl sites for hydroxylation is 1. The largest absolute Gasteiger partial charge is 0.396 e. The molecule has 0 aliphatic rings. The SMILES string of the molecule is CCCCON=C(C)c1scnc1C.Cl. The Hall–Kier alpha value is -0.610. The molecule has 86 valence electrons. The van der Waals surface area contributed by atoms with E-state index in [2.05, 4.69) is 17.1 Å². The Balaban J connectivity index is 0.00000196. The Bertz CT molecular complexity index is 312. The lowest BCUT2D eigenvalue weighted by Gasteiger charge is -1.99. The third-order valence-corrected chi connectivity index (χ3v) is 2.90. The number of oxime groups is 1. The molecule has 0 aliphatic carbocycles. The smallest absolute Gasteiger partial charge is 0.117 e. The van der Waals surface area contributed by atoms with E-state index in [0.29, 0.717) is 6.61 Å². The average molecular weight is 249 g/mol. The molecule has 0 atom stereocenters. The number of halogens is 1. The highest BCUT2D eigenvalue weighted by molar-refractivity contribution is 7.12. The third kappa shape index (κ3) is 4.62. The molecule has 0 aliphatic heterocycles. The molecule has 0 bridgehead atoms. The molecule has 1 rings (SSSR count). The van der Waals surface area contributed by atoms with E-state index in [0.717, 1.165) is 29.1 Å². The van der Waals surface area contributed by atoms with E-state index in [-0.39, 0.29) is 12.4 Å². The molecule has 15 heavy (non-hydrogen) atoms. The number of aromatic nitrogens is 1. The predicted octanol–water partition coefficient (Wildman–Crippen LogP) is 3.41. The highest BCUT2D eigenvalue weighted by Crippen LogP contribution is 2.13. The molecule has 5 heteroatoms. The molecule has 1 aromatic heterocycles. The van der Waals surface area contributed by atoms with Crippen molar-refractivity contribution in [1.82, 2.24) is 4.98 Å². The molecule has 0 saturated heterocycles. The number of nitrogens with zero attached hydrogens (tertiary/aromatic N) is 2. The van der Waals surface area contributed by atoms with Crippen molar-refractivity contribution in [2.24, 2.45) is 5.16 Å². The minimum absolute atomic E-state index is 0. The number of hydrogen-bond acceptors (Lipinski definition) is 4. The first kappa shape index (κ1) is 14.4. The summed E-state index contributed by atoms with van der Waals surface area (Å²) in [6.07, 6.45) is 2.19. The quantitative estimate of drug-likeness (QED) is 0.455. The van der Waals surface area contributed by atoms with Gasteiger partial charge in [0.25, 0.3) is 0 Å². The van der Waals surface area contributed by atoms with E-state index >= 15 is 0 Å². The van der Waals surface area contributed by atoms with Gasteiger partial charge in [-0.1, -0.05) is 18.5 Å². The Morgan fingerprint density at radius 3 is 2.87 bits per heavy atom. The number of hydrogen-bond donors (Lipinski definition) is 0. The fraction of sp³-hybridized carbons (Fsp3) is 0.600. The maximum Gasteiger partial charge on any atom is 0.117 e. The second-order valence-electron chi connectivity index (χ2n) is 3.13. The molecular weight excluding hydrogens is 232 g/mol. The number of thiazole rings is 1. The van der Waals surface area contributed by atoms with Gasteiger partial charge in [0.2, 0.25) is 0 Å². The van der Waals surface area contributed by atoms with Crippen LogP contribution in [0.25, 0.3) is 0 Å². The standard InChI is InChI=1S/C10H16N2OS.ClH/c1-4-5-6-13-12-9(3)10-8(2)11-7-14-10;/h7H,4-6H2,1-3H3;1H. The van der Waals surface area contributed by atoms with Gasteiger partial charge >= 0.3 is 0 Å². The van der Waals surface area contributed by atoms with E-state index in [9.17, 15) is 0 Å². The molecule has 1 heterocycles. The zero-order valence-electron chi connectivity index (χ0n) is 9.32. The van der Waals surface area contributed by atoms with Gasteiger partial charge in [-0.2, -0.15) is 0 Å². The second-order valence-corrected chi connectivity index (χ2v) is 3.99. The molecule has 3 nitrogen and oxygen atoms in total. The van der Waals surface area contributed by atoms with E-state index in [1.807, 2.05) is 19.4 Å². The fourth-order valence-electron chi connectivity index (χ4n) is 1.04. The maximum atomic E-state index is 5.18. The van der Waals surface area contributed by atoms with Gasteiger partial charge in [0.15, 0.2) is 0 Å². The minimum atomic E-state index is 0. The Kier molecular flexibility index (Phi) is 7.34. The Morgan fingerprint density at radius 1 is 1.60 bits per heavy atom. The summed E-state index contributed by atoms with van der Waals surface area (Å²) in [6, 6.07) is 0. The molecule has 0 fully saturated rings. The molecule has 0 aromatic carbocycles. The van der Waals surface area contributed by atoms with Crippen LogP contribution in [0.5, 0.6) is 0 Å². The lowest BCUT2D eigenvalue weighted by Crippen LogP contribution is -1.97. The Morgan fingerprint density at radius 2 is 2.33 bits per heavy atom. The zero-order valence-corrected chi connectivity index (χ0v) is 11.0. The molecule has 0 saturated carbocycles. The van der Waals surface area contributed by atoms with Crippen molar-refractivity contribution < 1.29 is 4.84 Å². The van der Waals surface area contributed by atoms with Crippen LogP contribution >= 0.6 is 23.7 Å². The highest BCUT2D eigenvalue weighted by Gasteiger charge is 2.04. The van der Waals surface area contributed by atoms with Crippen molar-refractivity contribution in [2.45, 2.75) is 33.6 Å². The summed E-state index contributed by atoms with van der Waals surface area (Å²) in [4.78, 5) is 10.5. The average Bonchev–Trinajstić information content (AvgIpc) is 2.59. The molecule has 0 spiro atoms. The molecule has 0 unspecified atom stereocenters. The first-order chi connectivity index (χ1) is 6.75. The summed E-state index contributed by atoms with van der Waals surface area (Å²) in [5.74, 6) is 0. The minimum Gasteiger partial charge on any atom is -0.396 e. The van der Waals surface area contributed by atoms with E-state index < -0.39 is 0 Å². The lowest BCUT2D eigenvalue weighted by molar-refractivity contribution is 0.141. The van der Waals surface area contributed by atoms with E-state index in [1.165, 1.54) is 0 Å². The molecule has 1 aromatic rings. The lowest BCUT2D eigenvalue weighted by atomic mass is 10.3. The van der Waals surface area contributed by atoms with E-state index in [4.69, 9.17) is 4.84 Å². The number of unbranched alkanes of at least 4 members (excludes halogenated alkanes) is 1. The van der Waals surface area contributed by atoms with Crippen molar-refractivity contribution in [3.63, 3.8) is 0 Å². The van der Waals surface area contributed by atoms with Gasteiger partial charge in [-0.3, -0.25) is 0 Å². The molecule has 0 N–H and O–H groups in total. The van der Waals surface area contributed by atoms with E-state index in [1.54, 1.807) is 11.3 Å². The van der Waals surface area contributed by atoms with Gasteiger partial charge in [0.05, 0.1) is 21.8 Å². The maximum absolute atomic E-state index is 5.18.